The summed E-state index contributed by atoms with van der Waals surface area (Å²) in [5.74, 6) is -12.9. The highest BCUT2D eigenvalue weighted by Crippen LogP contribution is 2.48. The highest BCUT2D eigenvalue weighted by molar-refractivity contribution is 4.99. The van der Waals surface area contributed by atoms with Crippen molar-refractivity contribution in [2.45, 2.75) is 44.0 Å². The van der Waals surface area contributed by atoms with E-state index in [1.54, 1.807) is 0 Å². The Labute approximate surface area is 92.6 Å². The Morgan fingerprint density at radius 1 is 0.941 bits per heavy atom. The topological polar surface area (TPSA) is 46.2 Å². The van der Waals surface area contributed by atoms with Crippen molar-refractivity contribution in [2.24, 2.45) is 11.7 Å². The average molecular weight is 271 g/mol. The molecule has 104 valence electrons. The lowest BCUT2D eigenvalue weighted by molar-refractivity contribution is -0.372. The second-order valence-corrected chi connectivity index (χ2v) is 3.96. The average Bonchev–Trinajstić information content (AvgIpc) is 2.13. The van der Waals surface area contributed by atoms with Gasteiger partial charge in [-0.05, 0) is 5.92 Å². The molecule has 3 N–H and O–H groups in total. The second-order valence-electron chi connectivity index (χ2n) is 3.96. The third kappa shape index (κ3) is 2.82. The number of hydrogen-bond acceptors (Lipinski definition) is 2. The lowest BCUT2D eigenvalue weighted by atomic mass is 9.92. The van der Waals surface area contributed by atoms with Gasteiger partial charge in [-0.1, -0.05) is 13.8 Å². The molecule has 0 saturated heterocycles. The molecule has 0 radical (unpaired) electrons. The summed E-state index contributed by atoms with van der Waals surface area (Å²) in [6.45, 7) is 2.41. The maximum atomic E-state index is 12.9. The molecule has 0 saturated carbocycles. The molecule has 0 aromatic rings. The molecule has 0 heterocycles. The first-order valence-corrected chi connectivity index (χ1v) is 4.52. The summed E-state index contributed by atoms with van der Waals surface area (Å²) in [4.78, 5) is 0. The molecule has 9 heteroatoms. The van der Waals surface area contributed by atoms with Gasteiger partial charge in [0.25, 0.3) is 0 Å². The Morgan fingerprint density at radius 3 is 1.53 bits per heavy atom. The minimum absolute atomic E-state index is 0.889. The fraction of sp³-hybridized carbons (Fsp3) is 1.00. The molecule has 2 unspecified atom stereocenters. The van der Waals surface area contributed by atoms with Crippen LogP contribution in [0.15, 0.2) is 0 Å². The van der Waals surface area contributed by atoms with E-state index < -0.39 is 36.1 Å². The smallest absolute Gasteiger partial charge is 0.385 e. The van der Waals surface area contributed by atoms with Crippen LogP contribution in [0.1, 0.15) is 13.8 Å². The molecule has 0 bridgehead atoms. The number of halogens is 7. The van der Waals surface area contributed by atoms with Crippen molar-refractivity contribution in [1.29, 1.82) is 0 Å². The summed E-state index contributed by atoms with van der Waals surface area (Å²) in [7, 11) is 0. The summed E-state index contributed by atoms with van der Waals surface area (Å²) in [5.41, 5.74) is 4.96. The normalized spacial score (nSPS) is 18.4. The third-order valence-electron chi connectivity index (χ3n) is 2.28. The first-order chi connectivity index (χ1) is 7.26. The number of alkyl halides is 7. The van der Waals surface area contributed by atoms with Crippen molar-refractivity contribution in [3.05, 3.63) is 0 Å². The minimum atomic E-state index is -6.46. The Kier molecular flexibility index (Phi) is 4.45. The fourth-order valence-electron chi connectivity index (χ4n) is 0.981. The Balaban J connectivity index is 5.27. The molecule has 0 aliphatic carbocycles. The summed E-state index contributed by atoms with van der Waals surface area (Å²) in [6, 6.07) is -1.90. The van der Waals surface area contributed by atoms with E-state index in [0.717, 1.165) is 0 Å². The SMILES string of the molecule is CC(C)C(N)C(O)C(F)(F)C(F)(F)C(F)(F)F. The molecular formula is C8H12F7NO. The van der Waals surface area contributed by atoms with Crippen LogP contribution in [0, 0.1) is 5.92 Å². The van der Waals surface area contributed by atoms with Crippen LogP contribution in [0.25, 0.3) is 0 Å². The molecular weight excluding hydrogens is 259 g/mol. The van der Waals surface area contributed by atoms with Crippen LogP contribution in [-0.4, -0.2) is 35.3 Å². The number of rotatable bonds is 4. The maximum Gasteiger partial charge on any atom is 0.459 e. The molecule has 17 heavy (non-hydrogen) atoms. The second kappa shape index (κ2) is 4.60. The third-order valence-corrected chi connectivity index (χ3v) is 2.28. The first kappa shape index (κ1) is 16.4. The lowest BCUT2D eigenvalue weighted by Gasteiger charge is -2.35. The zero-order valence-electron chi connectivity index (χ0n) is 8.90. The molecule has 0 rings (SSSR count). The van der Waals surface area contributed by atoms with E-state index in [9.17, 15) is 30.7 Å². The van der Waals surface area contributed by atoms with E-state index >= 15 is 0 Å². The highest BCUT2D eigenvalue weighted by atomic mass is 19.4. The number of hydrogen-bond donors (Lipinski definition) is 2. The summed E-state index contributed by atoms with van der Waals surface area (Å²) < 4.78 is 86.1. The Hall–Kier alpha value is -0.570. The van der Waals surface area contributed by atoms with E-state index in [4.69, 9.17) is 10.8 Å². The largest absolute Gasteiger partial charge is 0.459 e. The van der Waals surface area contributed by atoms with Crippen molar-refractivity contribution < 1.29 is 35.8 Å². The molecule has 0 amide bonds. The zero-order chi connectivity index (χ0) is 14.2. The predicted octanol–water partition coefficient (Wildman–Crippen LogP) is 2.16. The van der Waals surface area contributed by atoms with Crippen LogP contribution in [0.2, 0.25) is 0 Å². The van der Waals surface area contributed by atoms with E-state index in [2.05, 4.69) is 0 Å². The van der Waals surface area contributed by atoms with Gasteiger partial charge in [0.05, 0.1) is 0 Å². The van der Waals surface area contributed by atoms with Crippen LogP contribution < -0.4 is 5.73 Å². The van der Waals surface area contributed by atoms with Crippen LogP contribution in [-0.2, 0) is 0 Å². The molecule has 0 spiro atoms. The molecule has 0 aliphatic rings. The maximum absolute atomic E-state index is 12.9. The van der Waals surface area contributed by atoms with Crippen molar-refractivity contribution >= 4 is 0 Å². The van der Waals surface area contributed by atoms with Gasteiger partial charge in [-0.2, -0.15) is 30.7 Å². The van der Waals surface area contributed by atoms with Gasteiger partial charge in [-0.15, -0.1) is 0 Å². The van der Waals surface area contributed by atoms with Crippen LogP contribution in [0.5, 0.6) is 0 Å². The van der Waals surface area contributed by atoms with Crippen molar-refractivity contribution in [1.82, 2.24) is 0 Å². The summed E-state index contributed by atoms with van der Waals surface area (Å²) in [6.07, 6.45) is -9.76. The number of aliphatic hydroxyl groups excluding tert-OH is 1. The molecule has 2 nitrogen and oxygen atoms in total. The van der Waals surface area contributed by atoms with Gasteiger partial charge in [-0.3, -0.25) is 0 Å². The van der Waals surface area contributed by atoms with Crippen molar-refractivity contribution in [2.75, 3.05) is 0 Å². The summed E-state index contributed by atoms with van der Waals surface area (Å²) in [5, 5.41) is 8.86. The molecule has 2 atom stereocenters. The van der Waals surface area contributed by atoms with E-state index in [-0.39, 0.29) is 0 Å². The quantitative estimate of drug-likeness (QED) is 0.770. The number of aliphatic hydroxyl groups is 1. The van der Waals surface area contributed by atoms with Crippen LogP contribution in [0.3, 0.4) is 0 Å². The molecule has 0 aromatic carbocycles. The summed E-state index contributed by atoms with van der Waals surface area (Å²) >= 11 is 0. The van der Waals surface area contributed by atoms with Gasteiger partial charge < -0.3 is 10.8 Å². The van der Waals surface area contributed by atoms with E-state index in [1.807, 2.05) is 0 Å². The van der Waals surface area contributed by atoms with Gasteiger partial charge in [0.1, 0.15) is 6.10 Å². The molecule has 0 fully saturated rings. The monoisotopic (exact) mass is 271 g/mol. The minimum Gasteiger partial charge on any atom is -0.385 e. The zero-order valence-corrected chi connectivity index (χ0v) is 8.90. The van der Waals surface area contributed by atoms with Gasteiger partial charge in [0, 0.05) is 6.04 Å². The predicted molar refractivity (Wildman–Crippen MR) is 44.8 cm³/mol. The van der Waals surface area contributed by atoms with Crippen LogP contribution >= 0.6 is 0 Å². The Bertz CT molecular complexity index is 263. The van der Waals surface area contributed by atoms with Gasteiger partial charge in [-0.25, -0.2) is 0 Å². The standard InChI is InChI=1S/C8H12F7NO/c1-3(2)4(16)5(17)6(9,10)7(11,12)8(13,14)15/h3-5,17H,16H2,1-2H3. The van der Waals surface area contributed by atoms with Gasteiger partial charge >= 0.3 is 18.0 Å². The highest BCUT2D eigenvalue weighted by Gasteiger charge is 2.75. The Morgan fingerprint density at radius 2 is 1.29 bits per heavy atom. The molecule has 0 aliphatic heterocycles. The molecule has 0 aromatic heterocycles. The van der Waals surface area contributed by atoms with Crippen LogP contribution in [0.4, 0.5) is 30.7 Å². The van der Waals surface area contributed by atoms with Gasteiger partial charge in [0.15, 0.2) is 0 Å². The van der Waals surface area contributed by atoms with Crippen molar-refractivity contribution in [3.63, 3.8) is 0 Å². The van der Waals surface area contributed by atoms with E-state index in [0.29, 0.717) is 0 Å². The fourth-order valence-corrected chi connectivity index (χ4v) is 0.981. The van der Waals surface area contributed by atoms with E-state index in [1.165, 1.54) is 13.8 Å². The lowest BCUT2D eigenvalue weighted by Crippen LogP contribution is -2.62. The van der Waals surface area contributed by atoms with Gasteiger partial charge in [0.2, 0.25) is 0 Å². The number of nitrogens with two attached hydrogens (primary N) is 1. The van der Waals surface area contributed by atoms with Crippen molar-refractivity contribution in [3.8, 4) is 0 Å². The first-order valence-electron chi connectivity index (χ1n) is 4.52.